The molecule has 7 aromatic rings. The van der Waals surface area contributed by atoms with Gasteiger partial charge in [0.15, 0.2) is 0 Å². The van der Waals surface area contributed by atoms with E-state index in [9.17, 15) is 0 Å². The van der Waals surface area contributed by atoms with Crippen molar-refractivity contribution in [3.8, 4) is 0 Å². The van der Waals surface area contributed by atoms with Gasteiger partial charge in [-0.1, -0.05) is 189 Å². The molecule has 4 heteroatoms. The maximum Gasteiger partial charge on any atom is 0 e. The summed E-state index contributed by atoms with van der Waals surface area (Å²) in [4.78, 5) is 0. The van der Waals surface area contributed by atoms with Gasteiger partial charge in [-0.25, -0.2) is 0 Å². The van der Waals surface area contributed by atoms with Crippen molar-refractivity contribution in [1.82, 2.24) is 0 Å². The van der Waals surface area contributed by atoms with E-state index in [0.717, 1.165) is 0 Å². The van der Waals surface area contributed by atoms with E-state index in [0.29, 0.717) is 0 Å². The smallest absolute Gasteiger partial charge is 0 e. The fourth-order valence-corrected chi connectivity index (χ4v) is 9.45. The van der Waals surface area contributed by atoms with Crippen molar-refractivity contribution in [2.24, 2.45) is 0 Å². The van der Waals surface area contributed by atoms with Crippen molar-refractivity contribution >= 4 is 47.7 Å². The first kappa shape index (κ1) is 38.2. The first-order valence-electron chi connectivity index (χ1n) is 15.3. The third kappa shape index (κ3) is 12.1. The van der Waals surface area contributed by atoms with E-state index in [4.69, 9.17) is 4.65 Å². The molecule has 0 bridgehead atoms. The molecule has 0 spiro atoms. The van der Waals surface area contributed by atoms with Gasteiger partial charge in [-0.3, -0.25) is 0 Å². The van der Waals surface area contributed by atoms with Crippen LogP contribution in [0.15, 0.2) is 206 Å². The van der Waals surface area contributed by atoms with Crippen molar-refractivity contribution in [3.63, 3.8) is 0 Å². The second-order valence-electron chi connectivity index (χ2n) is 10.2. The minimum absolute atomic E-state index is 0. The zero-order valence-corrected chi connectivity index (χ0v) is 30.2. The molecule has 0 saturated heterocycles. The Labute approximate surface area is 301 Å². The molecule has 1 nitrogen and oxygen atoms in total. The van der Waals surface area contributed by atoms with Crippen molar-refractivity contribution < 1.29 is 24.1 Å². The summed E-state index contributed by atoms with van der Waals surface area (Å²) in [6.07, 6.45) is 0. The van der Waals surface area contributed by atoms with Crippen molar-refractivity contribution in [3.05, 3.63) is 225 Å². The second-order valence-corrected chi connectivity index (χ2v) is 14.7. The predicted octanol–water partition coefficient (Wildman–Crippen LogP) is 8.64. The van der Waals surface area contributed by atoms with Crippen LogP contribution < -0.4 is 31.8 Å². The monoisotopic (exact) mass is 746 g/mol. The normalized spacial score (nSPS) is 9.69. The zero-order chi connectivity index (χ0) is 32.9. The van der Waals surface area contributed by atoms with Gasteiger partial charge in [0.25, 0.3) is 0 Å². The van der Waals surface area contributed by atoms with Crippen LogP contribution in [0.3, 0.4) is 0 Å². The number of aryl methyl sites for hydroxylation is 1. The molecule has 0 aliphatic rings. The van der Waals surface area contributed by atoms with E-state index in [1.165, 1.54) is 37.4 Å². The fourth-order valence-electron chi connectivity index (χ4n) is 4.84. The minimum atomic E-state index is -0.446. The molecule has 0 atom stereocenters. The van der Waals surface area contributed by atoms with Crippen LogP contribution in [0, 0.1) is 19.6 Å². The first-order chi connectivity index (χ1) is 23.3. The third-order valence-corrected chi connectivity index (χ3v) is 11.8. The van der Waals surface area contributed by atoms with E-state index in [2.05, 4.69) is 195 Å². The number of hydrogen-bond acceptors (Lipinski definition) is 0. The van der Waals surface area contributed by atoms with Gasteiger partial charge in [0.05, 0.1) is 0 Å². The maximum atomic E-state index is 7.50. The molecule has 0 N–H and O–H groups in total. The number of rotatable bonds is 6. The van der Waals surface area contributed by atoms with Crippen LogP contribution in [0.2, 0.25) is 0 Å². The maximum absolute atomic E-state index is 7.50. The largest absolute Gasteiger partial charge is 0.0622 e. The summed E-state index contributed by atoms with van der Waals surface area (Å²) >= 11 is 0. The molecular weight excluding hydrogens is 709 g/mol. The number of benzene rings is 7. The number of hydrogen-bond donors (Lipinski definition) is 0. The van der Waals surface area contributed by atoms with Gasteiger partial charge in [-0.15, -0.1) is 0 Å². The van der Waals surface area contributed by atoms with Crippen molar-refractivity contribution in [2.75, 3.05) is 0 Å². The Morgan fingerprint density at radius 3 is 0.708 bits per heavy atom. The van der Waals surface area contributed by atoms with Crippen LogP contribution in [-0.2, 0) is 24.1 Å². The summed E-state index contributed by atoms with van der Waals surface area (Å²) in [6, 6.07) is 75.6. The molecule has 0 unspecified atom stereocenters. The summed E-state index contributed by atoms with van der Waals surface area (Å²) < 4.78 is 7.50. The van der Waals surface area contributed by atoms with Gasteiger partial charge in [-0.05, 0) is 47.7 Å². The molecule has 0 amide bonds. The van der Waals surface area contributed by atoms with Crippen LogP contribution in [0.4, 0.5) is 0 Å². The Balaban J connectivity index is 0.000000205. The fraction of sp³-hybridized carbons (Fsp3) is 0.0227. The summed E-state index contributed by atoms with van der Waals surface area (Å²) in [6.45, 7) is 6.53. The molecule has 0 fully saturated rings. The SMILES string of the molecule is Cc1[c-]cccc1.[C-]#[O+].[Rh].c1ccc(P(c2ccccc2)c2ccccc2)cc1.c1ccc(P(c2ccccc2)c2ccccc2)cc1. The van der Waals surface area contributed by atoms with E-state index in [1.54, 1.807) is 0 Å². The Hall–Kier alpha value is -4.24. The third-order valence-electron chi connectivity index (χ3n) is 6.95. The van der Waals surface area contributed by atoms with Gasteiger partial charge in [0.1, 0.15) is 0 Å². The minimum Gasteiger partial charge on any atom is -0.0622 e. The predicted molar refractivity (Wildman–Crippen MR) is 204 cm³/mol. The molecule has 0 aliphatic heterocycles. The molecule has 7 aromatic carbocycles. The summed E-state index contributed by atoms with van der Waals surface area (Å²) in [7, 11) is -0.892. The molecule has 0 heterocycles. The van der Waals surface area contributed by atoms with E-state index in [1.807, 2.05) is 31.2 Å². The molecular formula is C44H37OP2Rh-. The standard InChI is InChI=1S/2C18H15P.C7H7.CO.Rh/c2*1-4-10-16(11-5-1)19(17-12-6-2-7-13-17)18-14-8-3-9-15-18;1-7-5-3-2-4-6-7;1-2;/h2*1-15H;2-5H,1H3;;/q;;-1;;. The molecule has 48 heavy (non-hydrogen) atoms. The Morgan fingerprint density at radius 2 is 0.562 bits per heavy atom. The molecule has 0 aliphatic carbocycles. The quantitative estimate of drug-likeness (QED) is 0.0704. The summed E-state index contributed by atoms with van der Waals surface area (Å²) in [5.41, 5.74) is 1.20. The zero-order valence-electron chi connectivity index (χ0n) is 26.8. The average molecular weight is 747 g/mol. The van der Waals surface area contributed by atoms with Crippen molar-refractivity contribution in [2.45, 2.75) is 6.92 Å². The summed E-state index contributed by atoms with van der Waals surface area (Å²) in [5.74, 6) is 0. The van der Waals surface area contributed by atoms with E-state index in [-0.39, 0.29) is 19.5 Å². The molecule has 1 radical (unpaired) electrons. The summed E-state index contributed by atoms with van der Waals surface area (Å²) in [5, 5.41) is 8.39. The topological polar surface area (TPSA) is 19.9 Å². The van der Waals surface area contributed by atoms with E-state index >= 15 is 0 Å². The Morgan fingerprint density at radius 1 is 0.354 bits per heavy atom. The molecule has 0 aromatic heterocycles. The van der Waals surface area contributed by atoms with Crippen LogP contribution in [-0.4, -0.2) is 0 Å². The van der Waals surface area contributed by atoms with Gasteiger partial charge in [0.2, 0.25) is 0 Å². The Bertz CT molecular complexity index is 1510. The van der Waals surface area contributed by atoms with Crippen LogP contribution >= 0.6 is 15.8 Å². The van der Waals surface area contributed by atoms with E-state index < -0.39 is 15.8 Å². The molecule has 0 saturated carbocycles. The van der Waals surface area contributed by atoms with Crippen LogP contribution in [0.5, 0.6) is 0 Å². The van der Waals surface area contributed by atoms with Crippen LogP contribution in [0.1, 0.15) is 5.56 Å². The van der Waals surface area contributed by atoms with Gasteiger partial charge >= 0.3 is 11.3 Å². The second kappa shape index (κ2) is 22.4. The first-order valence-corrected chi connectivity index (χ1v) is 18.0. The Kier molecular flexibility index (Phi) is 17.8. The molecule has 239 valence electrons. The van der Waals surface area contributed by atoms with Gasteiger partial charge in [-0.2, -0.15) is 35.9 Å². The van der Waals surface area contributed by atoms with Gasteiger partial charge in [0, 0.05) is 19.5 Å². The van der Waals surface area contributed by atoms with Gasteiger partial charge < -0.3 is 0 Å². The van der Waals surface area contributed by atoms with Crippen molar-refractivity contribution in [1.29, 1.82) is 0 Å². The van der Waals surface area contributed by atoms with Crippen LogP contribution in [0.25, 0.3) is 0 Å². The average Bonchev–Trinajstić information content (AvgIpc) is 3.16. The molecule has 7 rings (SSSR count).